The highest BCUT2D eigenvalue weighted by Gasteiger charge is 2.45. The molecule has 1 aliphatic carbocycles. The molecule has 0 aromatic heterocycles. The maximum atomic E-state index is 14.2. The number of ether oxygens (including phenoxy) is 1. The Morgan fingerprint density at radius 1 is 1.40 bits per heavy atom. The first-order chi connectivity index (χ1) is 9.69. The lowest BCUT2D eigenvalue weighted by Gasteiger charge is -2.51. The molecule has 1 fully saturated rings. The van der Waals surface area contributed by atoms with Gasteiger partial charge in [-0.3, -0.25) is 0 Å². The summed E-state index contributed by atoms with van der Waals surface area (Å²) >= 11 is 0. The number of likely N-dealkylation sites (N-methyl/N-ethyl adjacent to an activating group) is 1. The van der Waals surface area contributed by atoms with Crippen molar-refractivity contribution in [3.8, 4) is 0 Å². The van der Waals surface area contributed by atoms with Gasteiger partial charge in [-0.15, -0.1) is 0 Å². The first kappa shape index (κ1) is 15.3. The van der Waals surface area contributed by atoms with Crippen molar-refractivity contribution in [1.82, 2.24) is 0 Å². The number of methoxy groups -OCH3 is 1. The average Bonchev–Trinajstić information content (AvgIpc) is 2.50. The fourth-order valence-corrected chi connectivity index (χ4v) is 3.58. The number of rotatable bonds is 5. The highest BCUT2D eigenvalue weighted by atomic mass is 19.1. The molecular weight excluding hydrogens is 255 g/mol. The fraction of sp³-hybridized carbons (Fsp3) is 0.625. The maximum Gasteiger partial charge on any atom is 0.146 e. The Morgan fingerprint density at radius 3 is 2.75 bits per heavy atom. The molecule has 1 saturated carbocycles. The molecule has 0 aliphatic heterocycles. The van der Waals surface area contributed by atoms with E-state index in [1.165, 1.54) is 6.07 Å². The smallest absolute Gasteiger partial charge is 0.146 e. The Balaban J connectivity index is 2.43. The lowest BCUT2D eigenvalue weighted by molar-refractivity contribution is 0.00573. The summed E-state index contributed by atoms with van der Waals surface area (Å²) in [6, 6.07) is 6.93. The molecule has 2 unspecified atom stereocenters. The largest absolute Gasteiger partial charge is 0.379 e. The third-order valence-corrected chi connectivity index (χ3v) is 4.56. The summed E-state index contributed by atoms with van der Waals surface area (Å²) < 4.78 is 19.9. The van der Waals surface area contributed by atoms with Gasteiger partial charge in [-0.2, -0.15) is 0 Å². The van der Waals surface area contributed by atoms with Crippen molar-refractivity contribution in [2.45, 2.75) is 44.2 Å². The van der Waals surface area contributed by atoms with E-state index in [9.17, 15) is 4.39 Å². The molecule has 0 bridgehead atoms. The van der Waals surface area contributed by atoms with Crippen molar-refractivity contribution in [1.29, 1.82) is 0 Å². The monoisotopic (exact) mass is 280 g/mol. The predicted octanol–water partition coefficient (Wildman–Crippen LogP) is 2.94. The molecule has 1 aromatic carbocycles. The van der Waals surface area contributed by atoms with Crippen LogP contribution in [-0.4, -0.2) is 31.8 Å². The standard InChI is InChI=1S/C16H25FN2O/c1-3-19(14-9-5-4-8-13(14)17)16(12-18)11-7-6-10-15(16)20-2/h4-5,8-9,15H,3,6-7,10-12,18H2,1-2H3. The molecule has 0 heterocycles. The first-order valence-corrected chi connectivity index (χ1v) is 7.44. The first-order valence-electron chi connectivity index (χ1n) is 7.44. The van der Waals surface area contributed by atoms with E-state index in [0.717, 1.165) is 32.2 Å². The number of hydrogen-bond acceptors (Lipinski definition) is 3. The van der Waals surface area contributed by atoms with Crippen LogP contribution >= 0.6 is 0 Å². The molecule has 3 nitrogen and oxygen atoms in total. The summed E-state index contributed by atoms with van der Waals surface area (Å²) in [6.45, 7) is 3.25. The fourth-order valence-electron chi connectivity index (χ4n) is 3.58. The van der Waals surface area contributed by atoms with Gasteiger partial charge >= 0.3 is 0 Å². The zero-order chi connectivity index (χ0) is 14.6. The van der Waals surface area contributed by atoms with Crippen molar-refractivity contribution in [3.05, 3.63) is 30.1 Å². The Kier molecular flexibility index (Phi) is 5.00. The van der Waals surface area contributed by atoms with Gasteiger partial charge in [-0.1, -0.05) is 25.0 Å². The maximum absolute atomic E-state index is 14.2. The SMILES string of the molecule is CCN(c1ccccc1F)C1(CN)CCCCC1OC. The molecule has 0 amide bonds. The van der Waals surface area contributed by atoms with Gasteiger partial charge in [0.1, 0.15) is 5.82 Å². The highest BCUT2D eigenvalue weighted by molar-refractivity contribution is 5.51. The van der Waals surface area contributed by atoms with E-state index in [4.69, 9.17) is 10.5 Å². The summed E-state index contributed by atoms with van der Waals surface area (Å²) in [5.74, 6) is -0.192. The van der Waals surface area contributed by atoms with Crippen LogP contribution in [0.15, 0.2) is 24.3 Å². The molecule has 2 N–H and O–H groups in total. The van der Waals surface area contributed by atoms with Crippen molar-refractivity contribution in [3.63, 3.8) is 0 Å². The van der Waals surface area contributed by atoms with Crippen molar-refractivity contribution in [2.75, 3.05) is 25.1 Å². The third-order valence-electron chi connectivity index (χ3n) is 4.56. The predicted molar refractivity (Wildman–Crippen MR) is 80.5 cm³/mol. The molecule has 0 saturated heterocycles. The summed E-state index contributed by atoms with van der Waals surface area (Å²) in [5, 5.41) is 0. The average molecular weight is 280 g/mol. The summed E-state index contributed by atoms with van der Waals surface area (Å²) in [5.41, 5.74) is 6.45. The zero-order valence-corrected chi connectivity index (χ0v) is 12.4. The van der Waals surface area contributed by atoms with Crippen LogP contribution in [0.4, 0.5) is 10.1 Å². The molecule has 2 rings (SSSR count). The third kappa shape index (κ3) is 2.54. The van der Waals surface area contributed by atoms with Crippen molar-refractivity contribution >= 4 is 5.69 Å². The van der Waals surface area contributed by atoms with E-state index in [2.05, 4.69) is 4.90 Å². The second-order valence-electron chi connectivity index (χ2n) is 5.47. The van der Waals surface area contributed by atoms with Crippen LogP contribution in [0.3, 0.4) is 0 Å². The van der Waals surface area contributed by atoms with Crippen molar-refractivity contribution < 1.29 is 9.13 Å². The van der Waals surface area contributed by atoms with E-state index >= 15 is 0 Å². The summed E-state index contributed by atoms with van der Waals surface area (Å²) in [7, 11) is 1.73. The normalized spacial score (nSPS) is 26.5. The quantitative estimate of drug-likeness (QED) is 0.901. The van der Waals surface area contributed by atoms with E-state index in [1.54, 1.807) is 13.2 Å². The van der Waals surface area contributed by atoms with Crippen LogP contribution in [0.2, 0.25) is 0 Å². The molecular formula is C16H25FN2O. The second kappa shape index (κ2) is 6.55. The van der Waals surface area contributed by atoms with Gasteiger partial charge in [0.25, 0.3) is 0 Å². The van der Waals surface area contributed by atoms with E-state index in [-0.39, 0.29) is 17.5 Å². The van der Waals surface area contributed by atoms with Crippen LogP contribution in [0.5, 0.6) is 0 Å². The van der Waals surface area contributed by atoms with E-state index in [1.807, 2.05) is 19.1 Å². The number of anilines is 1. The van der Waals surface area contributed by atoms with Crippen molar-refractivity contribution in [2.24, 2.45) is 5.73 Å². The lowest BCUT2D eigenvalue weighted by Crippen LogP contribution is -2.63. The van der Waals surface area contributed by atoms with Gasteiger partial charge in [0.2, 0.25) is 0 Å². The number of halogens is 1. The molecule has 0 spiro atoms. The minimum Gasteiger partial charge on any atom is -0.379 e. The van der Waals surface area contributed by atoms with Gasteiger partial charge < -0.3 is 15.4 Å². The number of para-hydroxylation sites is 1. The number of nitrogens with two attached hydrogens (primary N) is 1. The van der Waals surface area contributed by atoms with Gasteiger partial charge in [0.15, 0.2) is 0 Å². The van der Waals surface area contributed by atoms with Gasteiger partial charge in [-0.05, 0) is 31.9 Å². The van der Waals surface area contributed by atoms with Gasteiger partial charge in [-0.25, -0.2) is 4.39 Å². The topological polar surface area (TPSA) is 38.5 Å². The molecule has 112 valence electrons. The zero-order valence-electron chi connectivity index (χ0n) is 12.4. The molecule has 0 radical (unpaired) electrons. The molecule has 1 aromatic rings. The second-order valence-corrected chi connectivity index (χ2v) is 5.47. The molecule has 4 heteroatoms. The minimum absolute atomic E-state index is 0.0563. The lowest BCUT2D eigenvalue weighted by atomic mass is 9.77. The number of hydrogen-bond donors (Lipinski definition) is 1. The van der Waals surface area contributed by atoms with E-state index < -0.39 is 0 Å². The Morgan fingerprint density at radius 2 is 2.15 bits per heavy atom. The minimum atomic E-state index is -0.302. The molecule has 20 heavy (non-hydrogen) atoms. The van der Waals surface area contributed by atoms with Crippen LogP contribution in [-0.2, 0) is 4.74 Å². The summed E-state index contributed by atoms with van der Waals surface area (Å²) in [6.07, 6.45) is 4.25. The number of nitrogens with zero attached hydrogens (tertiary/aromatic N) is 1. The van der Waals surface area contributed by atoms with Gasteiger partial charge in [0.05, 0.1) is 17.3 Å². The van der Waals surface area contributed by atoms with Gasteiger partial charge in [0, 0.05) is 20.2 Å². The molecule has 2 atom stereocenters. The van der Waals surface area contributed by atoms with E-state index in [0.29, 0.717) is 12.2 Å². The van der Waals surface area contributed by atoms with Crippen LogP contribution < -0.4 is 10.6 Å². The Labute approximate surface area is 120 Å². The van der Waals surface area contributed by atoms with Crippen LogP contribution in [0.1, 0.15) is 32.6 Å². The summed E-state index contributed by atoms with van der Waals surface area (Å²) in [4.78, 5) is 2.11. The number of benzene rings is 1. The van der Waals surface area contributed by atoms with Crippen LogP contribution in [0, 0.1) is 5.82 Å². The Hall–Kier alpha value is -1.13. The highest BCUT2D eigenvalue weighted by Crippen LogP contribution is 2.38. The van der Waals surface area contributed by atoms with Crippen LogP contribution in [0.25, 0.3) is 0 Å². The molecule has 1 aliphatic rings. The Bertz CT molecular complexity index is 440.